The maximum Gasteiger partial charge on any atom is 0.250 e. The Morgan fingerprint density at radius 2 is 1.19 bits per heavy atom. The van der Waals surface area contributed by atoms with Crippen molar-refractivity contribution in [2.45, 2.75) is 7.59 Å². The lowest BCUT2D eigenvalue weighted by atomic mass is 10.3. The van der Waals surface area contributed by atoms with Gasteiger partial charge in [-0.05, 0) is 12.1 Å². The van der Waals surface area contributed by atoms with Crippen LogP contribution in [0.25, 0.3) is 0 Å². The summed E-state index contributed by atoms with van der Waals surface area (Å²) in [6, 6.07) is 9.12. The van der Waals surface area contributed by atoms with Gasteiger partial charge in [0.25, 0.3) is 0 Å². The Kier molecular flexibility index (Phi) is 5.29. The maximum absolute atomic E-state index is 5.78. The van der Waals surface area contributed by atoms with Crippen LogP contribution in [0.4, 0.5) is 11.6 Å². The third-order valence-corrected chi connectivity index (χ3v) is 3.19. The van der Waals surface area contributed by atoms with Gasteiger partial charge in [0.05, 0.1) is 0 Å². The van der Waals surface area contributed by atoms with Gasteiger partial charge in [0, 0.05) is 5.69 Å². The third-order valence-electron chi connectivity index (χ3n) is 2.17. The molecule has 10 heteroatoms. The van der Waals surface area contributed by atoms with Crippen LogP contribution in [0.15, 0.2) is 30.3 Å². The number of anilines is 2. The Balaban J connectivity index is 2.45. The molecule has 21 heavy (non-hydrogen) atoms. The standard InChI is InChI=1S/C11H6Cl6N4/c12-10(13,14)7-19-8(11(15,16)17)21-9(20-7)18-6-4-2-1-3-5-6/h1-5H,(H,18,19,20,21). The first-order valence-corrected chi connectivity index (χ1v) is 7.65. The number of hydrogen-bond acceptors (Lipinski definition) is 4. The predicted molar refractivity (Wildman–Crippen MR) is 88.0 cm³/mol. The molecule has 2 rings (SSSR count). The average Bonchev–Trinajstić information content (AvgIpc) is 2.37. The highest BCUT2D eigenvalue weighted by molar-refractivity contribution is 6.67. The molecule has 1 heterocycles. The molecule has 0 radical (unpaired) electrons. The highest BCUT2D eigenvalue weighted by Gasteiger charge is 2.33. The lowest BCUT2D eigenvalue weighted by Gasteiger charge is -2.16. The predicted octanol–water partition coefficient (Wildman–Crippen LogP) is 5.27. The number of para-hydroxylation sites is 1. The zero-order valence-corrected chi connectivity index (χ0v) is 14.5. The van der Waals surface area contributed by atoms with E-state index in [0.717, 1.165) is 0 Å². The molecule has 0 atom stereocenters. The Morgan fingerprint density at radius 1 is 0.714 bits per heavy atom. The summed E-state index contributed by atoms with van der Waals surface area (Å²) in [5.41, 5.74) is 0.717. The zero-order chi connectivity index (χ0) is 15.7. The van der Waals surface area contributed by atoms with E-state index in [4.69, 9.17) is 69.6 Å². The second-order valence-corrected chi connectivity index (χ2v) is 8.36. The zero-order valence-electron chi connectivity index (χ0n) is 10.00. The van der Waals surface area contributed by atoms with Crippen molar-refractivity contribution >= 4 is 81.2 Å². The summed E-state index contributed by atoms with van der Waals surface area (Å²) in [6.07, 6.45) is 0. The molecule has 1 aromatic carbocycles. The number of halogens is 6. The van der Waals surface area contributed by atoms with Gasteiger partial charge in [-0.1, -0.05) is 87.8 Å². The number of hydrogen-bond donors (Lipinski definition) is 1. The fourth-order valence-corrected chi connectivity index (χ4v) is 1.84. The summed E-state index contributed by atoms with van der Waals surface area (Å²) < 4.78 is -3.75. The summed E-state index contributed by atoms with van der Waals surface area (Å²) in [4.78, 5) is 11.9. The van der Waals surface area contributed by atoms with E-state index in [-0.39, 0.29) is 17.6 Å². The molecular weight excluding hydrogens is 401 g/mol. The van der Waals surface area contributed by atoms with Gasteiger partial charge in [0.1, 0.15) is 0 Å². The van der Waals surface area contributed by atoms with Crippen molar-refractivity contribution in [3.05, 3.63) is 42.0 Å². The van der Waals surface area contributed by atoms with E-state index in [2.05, 4.69) is 20.3 Å². The fourth-order valence-electron chi connectivity index (χ4n) is 1.34. The normalized spacial score (nSPS) is 12.3. The molecule has 0 saturated heterocycles. The van der Waals surface area contributed by atoms with E-state index >= 15 is 0 Å². The molecule has 1 N–H and O–H groups in total. The van der Waals surface area contributed by atoms with Crippen molar-refractivity contribution in [1.82, 2.24) is 15.0 Å². The minimum Gasteiger partial charge on any atom is -0.324 e. The molecule has 0 unspecified atom stereocenters. The molecule has 0 amide bonds. The minimum absolute atomic E-state index is 0.0962. The average molecular weight is 407 g/mol. The van der Waals surface area contributed by atoms with E-state index in [1.165, 1.54) is 0 Å². The van der Waals surface area contributed by atoms with Crippen LogP contribution in [-0.2, 0) is 7.59 Å². The second-order valence-electron chi connectivity index (χ2n) is 3.79. The molecule has 0 aliphatic heterocycles. The van der Waals surface area contributed by atoms with Gasteiger partial charge >= 0.3 is 0 Å². The Morgan fingerprint density at radius 3 is 1.62 bits per heavy atom. The van der Waals surface area contributed by atoms with Crippen molar-refractivity contribution in [2.24, 2.45) is 0 Å². The largest absolute Gasteiger partial charge is 0.324 e. The van der Waals surface area contributed by atoms with Crippen molar-refractivity contribution < 1.29 is 0 Å². The van der Waals surface area contributed by atoms with Crippen LogP contribution in [-0.4, -0.2) is 15.0 Å². The molecule has 0 aliphatic rings. The van der Waals surface area contributed by atoms with E-state index in [0.29, 0.717) is 5.69 Å². The van der Waals surface area contributed by atoms with Gasteiger partial charge in [0.15, 0.2) is 11.6 Å². The summed E-state index contributed by atoms with van der Waals surface area (Å²) >= 11 is 34.7. The molecule has 0 saturated carbocycles. The molecule has 2 aromatic rings. The van der Waals surface area contributed by atoms with Crippen molar-refractivity contribution in [3.8, 4) is 0 Å². The molecule has 0 spiro atoms. The van der Waals surface area contributed by atoms with Crippen LogP contribution in [0.2, 0.25) is 0 Å². The number of benzene rings is 1. The number of alkyl halides is 6. The molecule has 4 nitrogen and oxygen atoms in total. The number of nitrogens with one attached hydrogen (secondary N) is 1. The monoisotopic (exact) mass is 404 g/mol. The Bertz CT molecular complexity index is 591. The van der Waals surface area contributed by atoms with E-state index in [1.54, 1.807) is 12.1 Å². The number of nitrogens with zero attached hydrogens (tertiary/aromatic N) is 3. The first-order valence-electron chi connectivity index (χ1n) is 5.39. The molecular formula is C11H6Cl6N4. The Hall–Kier alpha value is -0.230. The van der Waals surface area contributed by atoms with Crippen LogP contribution >= 0.6 is 69.6 Å². The highest BCUT2D eigenvalue weighted by atomic mass is 35.6. The molecule has 0 bridgehead atoms. The summed E-state index contributed by atoms with van der Waals surface area (Å²) in [7, 11) is 0. The van der Waals surface area contributed by atoms with Gasteiger partial charge in [-0.15, -0.1) is 0 Å². The van der Waals surface area contributed by atoms with Crippen LogP contribution in [0.1, 0.15) is 11.6 Å². The van der Waals surface area contributed by atoms with Crippen molar-refractivity contribution in [1.29, 1.82) is 0 Å². The van der Waals surface area contributed by atoms with Gasteiger partial charge in [-0.25, -0.2) is 4.98 Å². The molecule has 0 aliphatic carbocycles. The SMILES string of the molecule is ClC(Cl)(Cl)c1nc(Nc2ccccc2)nc(C(Cl)(Cl)Cl)n1. The number of rotatable bonds is 2. The summed E-state index contributed by atoms with van der Waals surface area (Å²) in [5.74, 6) is -0.205. The minimum atomic E-state index is -1.87. The van der Waals surface area contributed by atoms with Gasteiger partial charge < -0.3 is 5.32 Å². The van der Waals surface area contributed by atoms with Crippen LogP contribution < -0.4 is 5.32 Å². The van der Waals surface area contributed by atoms with Gasteiger partial charge in [-0.2, -0.15) is 9.97 Å². The van der Waals surface area contributed by atoms with Crippen LogP contribution in [0, 0.1) is 0 Å². The topological polar surface area (TPSA) is 50.7 Å². The smallest absolute Gasteiger partial charge is 0.250 e. The van der Waals surface area contributed by atoms with Crippen molar-refractivity contribution in [3.63, 3.8) is 0 Å². The third kappa shape index (κ3) is 4.88. The first kappa shape index (κ1) is 17.1. The second kappa shape index (κ2) is 6.49. The van der Waals surface area contributed by atoms with Crippen LogP contribution in [0.3, 0.4) is 0 Å². The molecule has 112 valence electrons. The van der Waals surface area contributed by atoms with Crippen LogP contribution in [0.5, 0.6) is 0 Å². The maximum atomic E-state index is 5.78. The summed E-state index contributed by atoms with van der Waals surface area (Å²) in [5, 5.41) is 2.91. The molecule has 0 fully saturated rings. The fraction of sp³-hybridized carbons (Fsp3) is 0.182. The van der Waals surface area contributed by atoms with Gasteiger partial charge in [0.2, 0.25) is 13.5 Å². The lowest BCUT2D eigenvalue weighted by Crippen LogP contribution is -2.17. The lowest BCUT2D eigenvalue weighted by molar-refractivity contribution is 0.851. The van der Waals surface area contributed by atoms with Crippen molar-refractivity contribution in [2.75, 3.05) is 5.32 Å². The molecule has 1 aromatic heterocycles. The van der Waals surface area contributed by atoms with E-state index in [9.17, 15) is 0 Å². The highest BCUT2D eigenvalue weighted by Crippen LogP contribution is 2.40. The Labute approximate surface area is 150 Å². The summed E-state index contributed by atoms with van der Waals surface area (Å²) in [6.45, 7) is 0. The quantitative estimate of drug-likeness (QED) is 0.690. The first-order chi connectivity index (χ1) is 9.66. The van der Waals surface area contributed by atoms with E-state index in [1.807, 2.05) is 18.2 Å². The number of aromatic nitrogens is 3. The van der Waals surface area contributed by atoms with Gasteiger partial charge in [-0.3, -0.25) is 0 Å². The van der Waals surface area contributed by atoms with E-state index < -0.39 is 7.59 Å².